The van der Waals surface area contributed by atoms with E-state index in [0.29, 0.717) is 26.0 Å². The van der Waals surface area contributed by atoms with Crippen LogP contribution in [0.1, 0.15) is 25.3 Å². The summed E-state index contributed by atoms with van der Waals surface area (Å²) in [7, 11) is 0. The number of hydrogen-bond acceptors (Lipinski definition) is 3. The van der Waals surface area contributed by atoms with Crippen LogP contribution >= 0.6 is 0 Å². The number of ether oxygens (including phenoxy) is 1. The van der Waals surface area contributed by atoms with Gasteiger partial charge in [0.15, 0.2) is 0 Å². The lowest BCUT2D eigenvalue weighted by Gasteiger charge is -2.40. The average Bonchev–Trinajstić information content (AvgIpc) is 2.53. The van der Waals surface area contributed by atoms with Crippen molar-refractivity contribution in [3.63, 3.8) is 0 Å². The van der Waals surface area contributed by atoms with Crippen molar-refractivity contribution < 1.29 is 19.4 Å². The van der Waals surface area contributed by atoms with E-state index < -0.39 is 11.9 Å². The first-order valence-electron chi connectivity index (χ1n) is 7.82. The molecule has 5 nitrogen and oxygen atoms in total. The minimum absolute atomic E-state index is 0.0213. The predicted octanol–water partition coefficient (Wildman–Crippen LogP) is 1.95. The molecule has 0 saturated carbocycles. The minimum atomic E-state index is -0.810. The van der Waals surface area contributed by atoms with E-state index in [1.54, 1.807) is 4.90 Å². The largest absolute Gasteiger partial charge is 0.492 e. The Morgan fingerprint density at radius 3 is 2.86 bits per heavy atom. The molecule has 1 unspecified atom stereocenters. The first-order valence-corrected chi connectivity index (χ1v) is 7.82. The maximum absolute atomic E-state index is 12.8. The summed E-state index contributed by atoms with van der Waals surface area (Å²) >= 11 is 0. The molecule has 0 aromatic heterocycles. The molecule has 2 aliphatic heterocycles. The molecule has 1 aromatic rings. The van der Waals surface area contributed by atoms with Crippen LogP contribution in [0.25, 0.3) is 0 Å². The van der Waals surface area contributed by atoms with Gasteiger partial charge >= 0.3 is 5.97 Å². The second-order valence-electron chi connectivity index (χ2n) is 6.18. The summed E-state index contributed by atoms with van der Waals surface area (Å²) in [6.07, 6.45) is 2.05. The number of likely N-dealkylation sites (tertiary alicyclic amines) is 1. The third kappa shape index (κ3) is 2.67. The Hall–Kier alpha value is -2.04. The molecule has 22 heavy (non-hydrogen) atoms. The molecular formula is C17H21NO4. The van der Waals surface area contributed by atoms with Crippen LogP contribution in [0.5, 0.6) is 5.75 Å². The Morgan fingerprint density at radius 2 is 2.09 bits per heavy atom. The molecule has 0 aliphatic carbocycles. The van der Waals surface area contributed by atoms with Gasteiger partial charge in [0, 0.05) is 12.6 Å². The molecule has 1 fully saturated rings. The van der Waals surface area contributed by atoms with E-state index in [2.05, 4.69) is 0 Å². The summed E-state index contributed by atoms with van der Waals surface area (Å²) in [5.41, 5.74) is 1.05. The van der Waals surface area contributed by atoms with Crippen molar-refractivity contribution in [3.8, 4) is 5.75 Å². The van der Waals surface area contributed by atoms with Crippen LogP contribution in [0, 0.1) is 11.8 Å². The zero-order valence-electron chi connectivity index (χ0n) is 12.7. The Labute approximate surface area is 129 Å². The first-order chi connectivity index (χ1) is 10.6. The number of carboxylic acid groups (broad SMARTS) is 1. The Kier molecular flexibility index (Phi) is 4.05. The van der Waals surface area contributed by atoms with E-state index in [0.717, 1.165) is 17.7 Å². The Morgan fingerprint density at radius 1 is 1.32 bits per heavy atom. The second kappa shape index (κ2) is 5.99. The van der Waals surface area contributed by atoms with Crippen molar-refractivity contribution in [2.75, 3.05) is 13.2 Å². The van der Waals surface area contributed by atoms with Crippen LogP contribution in [0.15, 0.2) is 24.3 Å². The third-order valence-corrected chi connectivity index (χ3v) is 4.82. The fraction of sp³-hybridized carbons (Fsp3) is 0.529. The molecule has 0 bridgehead atoms. The summed E-state index contributed by atoms with van der Waals surface area (Å²) in [6, 6.07) is 7.51. The van der Waals surface area contributed by atoms with Gasteiger partial charge in [-0.05, 0) is 37.8 Å². The summed E-state index contributed by atoms with van der Waals surface area (Å²) in [6.45, 7) is 2.85. The van der Waals surface area contributed by atoms with Crippen molar-refractivity contribution in [1.82, 2.24) is 4.90 Å². The smallest absolute Gasteiger partial charge is 0.308 e. The highest BCUT2D eigenvalue weighted by atomic mass is 16.5. The van der Waals surface area contributed by atoms with Crippen molar-refractivity contribution in [3.05, 3.63) is 29.8 Å². The van der Waals surface area contributed by atoms with E-state index in [9.17, 15) is 14.7 Å². The number of rotatable bonds is 2. The Balaban J connectivity index is 1.73. The number of nitrogens with zero attached hydrogens (tertiary/aromatic N) is 1. The number of carbonyl (C=O) groups excluding carboxylic acids is 1. The lowest BCUT2D eigenvalue weighted by atomic mass is 9.88. The van der Waals surface area contributed by atoms with Crippen molar-refractivity contribution in [2.24, 2.45) is 11.8 Å². The van der Waals surface area contributed by atoms with Crippen molar-refractivity contribution in [1.29, 1.82) is 0 Å². The zero-order valence-corrected chi connectivity index (χ0v) is 12.7. The highest BCUT2D eigenvalue weighted by molar-refractivity contribution is 5.81. The highest BCUT2D eigenvalue weighted by Gasteiger charge is 2.38. The van der Waals surface area contributed by atoms with E-state index in [1.165, 1.54) is 0 Å². The maximum atomic E-state index is 12.8. The SMILES string of the molecule is C[C@@H]1[C@H](C(=O)O)CCCN1C(=O)C1COc2ccccc2C1. The number of carboxylic acids is 1. The van der Waals surface area contributed by atoms with Crippen LogP contribution < -0.4 is 4.74 Å². The first kappa shape index (κ1) is 14.9. The molecule has 0 radical (unpaired) electrons. The molecule has 1 saturated heterocycles. The van der Waals surface area contributed by atoms with E-state index in [-0.39, 0.29) is 17.9 Å². The van der Waals surface area contributed by atoms with E-state index >= 15 is 0 Å². The van der Waals surface area contributed by atoms with Crippen LogP contribution in [-0.2, 0) is 16.0 Å². The summed E-state index contributed by atoms with van der Waals surface area (Å²) in [4.78, 5) is 25.8. The van der Waals surface area contributed by atoms with Gasteiger partial charge in [-0.25, -0.2) is 0 Å². The van der Waals surface area contributed by atoms with Gasteiger partial charge in [-0.15, -0.1) is 0 Å². The van der Waals surface area contributed by atoms with Crippen molar-refractivity contribution >= 4 is 11.9 Å². The molecule has 2 aliphatic rings. The molecule has 1 aromatic carbocycles. The summed E-state index contributed by atoms with van der Waals surface area (Å²) < 4.78 is 5.69. The number of hydrogen-bond donors (Lipinski definition) is 1. The lowest BCUT2D eigenvalue weighted by molar-refractivity contribution is -0.151. The fourth-order valence-corrected chi connectivity index (χ4v) is 3.51. The van der Waals surface area contributed by atoms with Gasteiger partial charge in [0.05, 0.1) is 11.8 Å². The molecule has 1 amide bonds. The molecule has 5 heteroatoms. The molecule has 1 N–H and O–H groups in total. The van der Waals surface area contributed by atoms with Gasteiger partial charge in [0.2, 0.25) is 5.91 Å². The van der Waals surface area contributed by atoms with Gasteiger partial charge < -0.3 is 14.7 Å². The number of benzene rings is 1. The topological polar surface area (TPSA) is 66.8 Å². The van der Waals surface area contributed by atoms with Gasteiger partial charge in [0.25, 0.3) is 0 Å². The maximum Gasteiger partial charge on any atom is 0.308 e. The van der Waals surface area contributed by atoms with Crippen LogP contribution in [0.2, 0.25) is 0 Å². The molecule has 3 atom stereocenters. The number of para-hydroxylation sites is 1. The zero-order chi connectivity index (χ0) is 15.7. The number of carbonyl (C=O) groups is 2. The summed E-state index contributed by atoms with van der Waals surface area (Å²) in [5, 5.41) is 9.29. The average molecular weight is 303 g/mol. The number of piperidine rings is 1. The number of fused-ring (bicyclic) bond motifs is 1. The van der Waals surface area contributed by atoms with Crippen LogP contribution in [-0.4, -0.2) is 41.1 Å². The third-order valence-electron chi connectivity index (χ3n) is 4.82. The molecule has 0 spiro atoms. The van der Waals surface area contributed by atoms with Crippen LogP contribution in [0.4, 0.5) is 0 Å². The quantitative estimate of drug-likeness (QED) is 0.907. The fourth-order valence-electron chi connectivity index (χ4n) is 3.51. The Bertz CT molecular complexity index is 586. The number of aliphatic carboxylic acids is 1. The predicted molar refractivity (Wildman–Crippen MR) is 80.7 cm³/mol. The van der Waals surface area contributed by atoms with Gasteiger partial charge in [0.1, 0.15) is 12.4 Å². The lowest BCUT2D eigenvalue weighted by Crippen LogP contribution is -2.52. The summed E-state index contributed by atoms with van der Waals surface area (Å²) in [5.74, 6) is -0.621. The molecule has 2 heterocycles. The minimum Gasteiger partial charge on any atom is -0.492 e. The highest BCUT2D eigenvalue weighted by Crippen LogP contribution is 2.30. The normalized spacial score (nSPS) is 27.7. The van der Waals surface area contributed by atoms with Gasteiger partial charge in [-0.1, -0.05) is 18.2 Å². The number of amides is 1. The molecular weight excluding hydrogens is 282 g/mol. The molecule has 3 rings (SSSR count). The van der Waals surface area contributed by atoms with Gasteiger partial charge in [-0.3, -0.25) is 9.59 Å². The van der Waals surface area contributed by atoms with Crippen LogP contribution in [0.3, 0.4) is 0 Å². The van der Waals surface area contributed by atoms with E-state index in [1.807, 2.05) is 31.2 Å². The standard InChI is InChI=1S/C17H21NO4/c1-11-14(17(20)21)6-4-8-18(11)16(19)13-9-12-5-2-3-7-15(12)22-10-13/h2-3,5,7,11,13-14H,4,6,8-10H2,1H3,(H,20,21)/t11-,13?,14-/m1/s1. The van der Waals surface area contributed by atoms with E-state index in [4.69, 9.17) is 4.74 Å². The second-order valence-corrected chi connectivity index (χ2v) is 6.18. The molecule has 118 valence electrons. The van der Waals surface area contributed by atoms with Crippen molar-refractivity contribution in [2.45, 2.75) is 32.2 Å². The van der Waals surface area contributed by atoms with Gasteiger partial charge in [-0.2, -0.15) is 0 Å². The monoisotopic (exact) mass is 303 g/mol.